The van der Waals surface area contributed by atoms with E-state index in [9.17, 15) is 4.79 Å². The second-order valence-electron chi connectivity index (χ2n) is 5.10. The Bertz CT molecular complexity index is 809. The molecule has 0 saturated carbocycles. The predicted octanol–water partition coefficient (Wildman–Crippen LogP) is 4.96. The van der Waals surface area contributed by atoms with Gasteiger partial charge in [0.1, 0.15) is 0 Å². The van der Waals surface area contributed by atoms with Crippen molar-refractivity contribution in [3.05, 3.63) is 82.8 Å². The fraction of sp³-hybridized carbons (Fsp3) is 0.0526. The van der Waals surface area contributed by atoms with E-state index in [0.29, 0.717) is 9.23 Å². The van der Waals surface area contributed by atoms with Gasteiger partial charge in [0.2, 0.25) is 0 Å². The molecule has 2 aromatic rings. The molecule has 0 spiro atoms. The SMILES string of the molecule is Cc1ccccc1N1C(=O)C(=CC=Cc2ccccc2)SC1=S. The van der Waals surface area contributed by atoms with E-state index in [2.05, 4.69) is 0 Å². The van der Waals surface area contributed by atoms with Crippen LogP contribution in [0.25, 0.3) is 6.08 Å². The Morgan fingerprint density at radius 3 is 2.48 bits per heavy atom. The third-order valence-corrected chi connectivity index (χ3v) is 4.81. The topological polar surface area (TPSA) is 20.3 Å². The van der Waals surface area contributed by atoms with E-state index < -0.39 is 0 Å². The first-order chi connectivity index (χ1) is 11.2. The van der Waals surface area contributed by atoms with Crippen LogP contribution in [0.4, 0.5) is 5.69 Å². The maximum absolute atomic E-state index is 12.6. The number of carbonyl (C=O) groups is 1. The standard InChI is InChI=1S/C19H15NOS2/c1-14-8-5-6-12-16(14)20-18(21)17(23-19(20)22)13-7-11-15-9-3-2-4-10-15/h2-13H,1H3. The molecular formula is C19H15NOS2. The largest absolute Gasteiger partial charge is 0.270 e. The van der Waals surface area contributed by atoms with E-state index in [0.717, 1.165) is 16.8 Å². The fourth-order valence-electron chi connectivity index (χ4n) is 2.31. The van der Waals surface area contributed by atoms with Crippen molar-refractivity contribution in [2.45, 2.75) is 6.92 Å². The van der Waals surface area contributed by atoms with E-state index in [1.165, 1.54) is 11.8 Å². The average molecular weight is 337 g/mol. The van der Waals surface area contributed by atoms with Crippen molar-refractivity contribution in [1.29, 1.82) is 0 Å². The summed E-state index contributed by atoms with van der Waals surface area (Å²) in [5.41, 5.74) is 2.98. The maximum Gasteiger partial charge on any atom is 0.270 e. The summed E-state index contributed by atoms with van der Waals surface area (Å²) in [6, 6.07) is 17.7. The Hall–Kier alpha value is -2.17. The number of carbonyl (C=O) groups excluding carboxylic acids is 1. The molecule has 0 atom stereocenters. The number of anilines is 1. The van der Waals surface area contributed by atoms with Gasteiger partial charge in [-0.05, 0) is 30.2 Å². The minimum atomic E-state index is -0.0630. The zero-order valence-electron chi connectivity index (χ0n) is 12.6. The van der Waals surface area contributed by atoms with Gasteiger partial charge in [-0.15, -0.1) is 0 Å². The van der Waals surface area contributed by atoms with Crippen LogP contribution in [0, 0.1) is 6.92 Å². The van der Waals surface area contributed by atoms with E-state index in [1.807, 2.05) is 79.7 Å². The number of amides is 1. The summed E-state index contributed by atoms with van der Waals surface area (Å²) in [6.07, 6.45) is 5.68. The Balaban J connectivity index is 1.83. The highest BCUT2D eigenvalue weighted by molar-refractivity contribution is 8.27. The van der Waals surface area contributed by atoms with Crippen molar-refractivity contribution >= 4 is 46.0 Å². The summed E-state index contributed by atoms with van der Waals surface area (Å²) in [4.78, 5) is 14.9. The number of rotatable bonds is 3. The molecular weight excluding hydrogens is 322 g/mol. The Kier molecular flexibility index (Phi) is 4.74. The molecule has 4 heteroatoms. The highest BCUT2D eigenvalue weighted by atomic mass is 32.2. The van der Waals surface area contributed by atoms with Gasteiger partial charge in [-0.3, -0.25) is 9.69 Å². The summed E-state index contributed by atoms with van der Waals surface area (Å²) in [6.45, 7) is 1.98. The summed E-state index contributed by atoms with van der Waals surface area (Å²) in [5, 5.41) is 0. The molecule has 0 aliphatic carbocycles. The lowest BCUT2D eigenvalue weighted by Crippen LogP contribution is -2.28. The zero-order valence-corrected chi connectivity index (χ0v) is 14.2. The summed E-state index contributed by atoms with van der Waals surface area (Å²) in [5.74, 6) is -0.0630. The molecule has 1 saturated heterocycles. The first-order valence-corrected chi connectivity index (χ1v) is 8.44. The predicted molar refractivity (Wildman–Crippen MR) is 102 cm³/mol. The molecule has 0 bridgehead atoms. The molecule has 1 heterocycles. The van der Waals surface area contributed by atoms with Gasteiger partial charge in [-0.1, -0.05) is 84.7 Å². The quantitative estimate of drug-likeness (QED) is 0.583. The number of nitrogens with zero attached hydrogens (tertiary/aromatic N) is 1. The normalized spacial score (nSPS) is 16.7. The molecule has 2 nitrogen and oxygen atoms in total. The smallest absolute Gasteiger partial charge is 0.268 e. The fourth-order valence-corrected chi connectivity index (χ4v) is 3.55. The minimum absolute atomic E-state index is 0.0630. The number of benzene rings is 2. The van der Waals surface area contributed by atoms with Crippen LogP contribution in [0.2, 0.25) is 0 Å². The van der Waals surface area contributed by atoms with Crippen LogP contribution < -0.4 is 4.90 Å². The first kappa shape index (κ1) is 15.7. The Labute approximate surface area is 145 Å². The lowest BCUT2D eigenvalue weighted by Gasteiger charge is -2.16. The van der Waals surface area contributed by atoms with Gasteiger partial charge in [0, 0.05) is 0 Å². The van der Waals surface area contributed by atoms with Gasteiger partial charge in [0.25, 0.3) is 5.91 Å². The molecule has 114 valence electrons. The number of hydrogen-bond acceptors (Lipinski definition) is 3. The minimum Gasteiger partial charge on any atom is -0.268 e. The van der Waals surface area contributed by atoms with Gasteiger partial charge in [0.05, 0.1) is 10.6 Å². The third kappa shape index (κ3) is 3.44. The number of para-hydroxylation sites is 1. The van der Waals surface area contributed by atoms with Crippen molar-refractivity contribution in [3.8, 4) is 0 Å². The van der Waals surface area contributed by atoms with Crippen molar-refractivity contribution in [2.24, 2.45) is 0 Å². The zero-order chi connectivity index (χ0) is 16.2. The summed E-state index contributed by atoms with van der Waals surface area (Å²) < 4.78 is 0.573. The monoisotopic (exact) mass is 337 g/mol. The van der Waals surface area contributed by atoms with Crippen LogP contribution in [0.5, 0.6) is 0 Å². The Morgan fingerprint density at radius 1 is 1.04 bits per heavy atom. The molecule has 0 aromatic heterocycles. The third-order valence-electron chi connectivity index (χ3n) is 3.49. The molecule has 0 radical (unpaired) electrons. The van der Waals surface area contributed by atoms with Crippen LogP contribution >= 0.6 is 24.0 Å². The number of thioether (sulfide) groups is 1. The van der Waals surface area contributed by atoms with E-state index >= 15 is 0 Å². The molecule has 3 rings (SSSR count). The van der Waals surface area contributed by atoms with E-state index in [1.54, 1.807) is 4.90 Å². The molecule has 1 aliphatic heterocycles. The molecule has 23 heavy (non-hydrogen) atoms. The molecule has 1 fully saturated rings. The summed E-state index contributed by atoms with van der Waals surface area (Å²) >= 11 is 6.72. The van der Waals surface area contributed by atoms with Gasteiger partial charge in [-0.2, -0.15) is 0 Å². The number of allylic oxidation sites excluding steroid dienone is 2. The van der Waals surface area contributed by atoms with Crippen LogP contribution in [-0.4, -0.2) is 10.2 Å². The first-order valence-electron chi connectivity index (χ1n) is 7.22. The van der Waals surface area contributed by atoms with Gasteiger partial charge in [0.15, 0.2) is 4.32 Å². The summed E-state index contributed by atoms with van der Waals surface area (Å²) in [7, 11) is 0. The van der Waals surface area contributed by atoms with Crippen molar-refractivity contribution in [1.82, 2.24) is 0 Å². The van der Waals surface area contributed by atoms with Gasteiger partial charge in [-0.25, -0.2) is 0 Å². The van der Waals surface area contributed by atoms with Gasteiger partial charge >= 0.3 is 0 Å². The van der Waals surface area contributed by atoms with E-state index in [4.69, 9.17) is 12.2 Å². The number of thiocarbonyl (C=S) groups is 1. The lowest BCUT2D eigenvalue weighted by molar-refractivity contribution is -0.113. The van der Waals surface area contributed by atoms with Crippen molar-refractivity contribution < 1.29 is 4.79 Å². The lowest BCUT2D eigenvalue weighted by atomic mass is 10.2. The maximum atomic E-state index is 12.6. The number of aryl methyl sites for hydroxylation is 1. The van der Waals surface area contributed by atoms with E-state index in [-0.39, 0.29) is 5.91 Å². The van der Waals surface area contributed by atoms with Crippen LogP contribution in [-0.2, 0) is 4.79 Å². The highest BCUT2D eigenvalue weighted by Crippen LogP contribution is 2.36. The molecule has 0 unspecified atom stereocenters. The average Bonchev–Trinajstić information content (AvgIpc) is 2.83. The number of hydrogen-bond donors (Lipinski definition) is 0. The highest BCUT2D eigenvalue weighted by Gasteiger charge is 2.33. The molecule has 1 aliphatic rings. The van der Waals surface area contributed by atoms with Crippen LogP contribution in [0.1, 0.15) is 11.1 Å². The molecule has 1 amide bonds. The van der Waals surface area contributed by atoms with Crippen LogP contribution in [0.3, 0.4) is 0 Å². The second kappa shape index (κ2) is 6.94. The van der Waals surface area contributed by atoms with Crippen LogP contribution in [0.15, 0.2) is 71.7 Å². The van der Waals surface area contributed by atoms with Crippen molar-refractivity contribution in [3.63, 3.8) is 0 Å². The Morgan fingerprint density at radius 2 is 1.74 bits per heavy atom. The molecule has 0 N–H and O–H groups in total. The second-order valence-corrected chi connectivity index (χ2v) is 6.77. The molecule has 2 aromatic carbocycles. The van der Waals surface area contributed by atoms with Gasteiger partial charge < -0.3 is 0 Å². The van der Waals surface area contributed by atoms with Crippen molar-refractivity contribution in [2.75, 3.05) is 4.90 Å².